The summed E-state index contributed by atoms with van der Waals surface area (Å²) in [5.74, 6) is -2.82. The van der Waals surface area contributed by atoms with Gasteiger partial charge in [-0.25, -0.2) is 4.79 Å². The van der Waals surface area contributed by atoms with E-state index >= 15 is 0 Å². The number of rotatable bonds is 5. The summed E-state index contributed by atoms with van der Waals surface area (Å²) in [5.41, 5.74) is -1.68. The van der Waals surface area contributed by atoms with E-state index in [0.717, 1.165) is 12.1 Å². The third kappa shape index (κ3) is 2.83. The van der Waals surface area contributed by atoms with Gasteiger partial charge in [0.1, 0.15) is 11.3 Å². The largest absolute Gasteiger partial charge is 0.478 e. The second-order valence-corrected chi connectivity index (χ2v) is 3.28. The molecule has 9 heteroatoms. The molecule has 6 nitrogen and oxygen atoms in total. The number of carbonyl (C=O) groups is 1. The third-order valence-electron chi connectivity index (χ3n) is 2.01. The van der Waals surface area contributed by atoms with Crippen molar-refractivity contribution in [1.29, 1.82) is 0 Å². The molecular formula is C9H6ClF2NO5. The maximum Gasteiger partial charge on any atom is 0.387 e. The van der Waals surface area contributed by atoms with Crippen LogP contribution in [-0.2, 0) is 5.88 Å². The molecule has 0 fully saturated rings. The Balaban J connectivity index is 3.48. The van der Waals surface area contributed by atoms with Crippen molar-refractivity contribution in [3.63, 3.8) is 0 Å². The number of carboxylic acids is 1. The number of benzene rings is 1. The lowest BCUT2D eigenvalue weighted by molar-refractivity contribution is -0.385. The molecule has 0 unspecified atom stereocenters. The quantitative estimate of drug-likeness (QED) is 0.509. The van der Waals surface area contributed by atoms with Crippen molar-refractivity contribution in [1.82, 2.24) is 0 Å². The lowest BCUT2D eigenvalue weighted by Gasteiger charge is -2.11. The number of carboxylic acid groups (broad SMARTS) is 1. The molecule has 1 aromatic rings. The van der Waals surface area contributed by atoms with Gasteiger partial charge in [0.2, 0.25) is 0 Å². The topological polar surface area (TPSA) is 89.7 Å². The van der Waals surface area contributed by atoms with Crippen LogP contribution in [0, 0.1) is 10.1 Å². The number of aromatic carboxylic acids is 1. The van der Waals surface area contributed by atoms with Crippen LogP contribution < -0.4 is 4.74 Å². The SMILES string of the molecule is O=C(O)c1c(OC(F)F)ccc([N+](=O)[O-])c1CCl. The van der Waals surface area contributed by atoms with E-state index < -0.39 is 40.4 Å². The summed E-state index contributed by atoms with van der Waals surface area (Å²) in [4.78, 5) is 20.8. The van der Waals surface area contributed by atoms with Crippen molar-refractivity contribution in [2.24, 2.45) is 0 Å². The smallest absolute Gasteiger partial charge is 0.387 e. The van der Waals surface area contributed by atoms with Crippen molar-refractivity contribution in [3.8, 4) is 5.75 Å². The number of hydrogen-bond donors (Lipinski definition) is 1. The summed E-state index contributed by atoms with van der Waals surface area (Å²) < 4.78 is 28.1. The Morgan fingerprint density at radius 1 is 1.56 bits per heavy atom. The molecule has 0 aliphatic carbocycles. The highest BCUT2D eigenvalue weighted by atomic mass is 35.5. The molecule has 0 saturated heterocycles. The molecule has 0 radical (unpaired) electrons. The minimum Gasteiger partial charge on any atom is -0.478 e. The van der Waals surface area contributed by atoms with Crippen LogP contribution in [0.5, 0.6) is 5.75 Å². The summed E-state index contributed by atoms with van der Waals surface area (Å²) in [6.45, 7) is -3.24. The number of halogens is 3. The van der Waals surface area contributed by atoms with E-state index in [1.807, 2.05) is 0 Å². The monoisotopic (exact) mass is 281 g/mol. The van der Waals surface area contributed by atoms with Gasteiger partial charge in [-0.05, 0) is 6.07 Å². The Morgan fingerprint density at radius 3 is 2.56 bits per heavy atom. The first-order valence-corrected chi connectivity index (χ1v) is 4.96. The van der Waals surface area contributed by atoms with E-state index in [9.17, 15) is 23.7 Å². The minimum atomic E-state index is -3.24. The molecule has 0 aromatic heterocycles. The highest BCUT2D eigenvalue weighted by molar-refractivity contribution is 6.18. The molecule has 1 aromatic carbocycles. The van der Waals surface area contributed by atoms with Gasteiger partial charge in [0, 0.05) is 6.07 Å². The van der Waals surface area contributed by atoms with Gasteiger partial charge < -0.3 is 9.84 Å². The molecule has 1 N–H and O–H groups in total. The molecule has 0 atom stereocenters. The molecule has 0 bridgehead atoms. The third-order valence-corrected chi connectivity index (χ3v) is 2.28. The number of nitro groups is 1. The molecule has 1 rings (SSSR count). The molecule has 18 heavy (non-hydrogen) atoms. The summed E-state index contributed by atoms with van der Waals surface area (Å²) in [5, 5.41) is 19.5. The molecule has 0 spiro atoms. The van der Waals surface area contributed by atoms with Crippen LogP contribution in [0.3, 0.4) is 0 Å². The highest BCUT2D eigenvalue weighted by Gasteiger charge is 2.26. The zero-order valence-corrected chi connectivity index (χ0v) is 9.36. The molecule has 98 valence electrons. The van der Waals surface area contributed by atoms with Crippen LogP contribution in [-0.4, -0.2) is 22.6 Å². The highest BCUT2D eigenvalue weighted by Crippen LogP contribution is 2.32. The molecule has 0 heterocycles. The number of nitro benzene ring substituents is 1. The number of hydrogen-bond acceptors (Lipinski definition) is 4. The van der Waals surface area contributed by atoms with E-state index in [2.05, 4.69) is 4.74 Å². The van der Waals surface area contributed by atoms with E-state index in [1.165, 1.54) is 0 Å². The maximum atomic E-state index is 12.1. The van der Waals surface area contributed by atoms with Crippen molar-refractivity contribution in [3.05, 3.63) is 33.4 Å². The Labute approximate surface area is 104 Å². The van der Waals surface area contributed by atoms with Crippen LogP contribution in [0.25, 0.3) is 0 Å². The molecule has 0 aliphatic rings. The van der Waals surface area contributed by atoms with Crippen molar-refractivity contribution < 1.29 is 28.3 Å². The van der Waals surface area contributed by atoms with Crippen LogP contribution in [0.2, 0.25) is 0 Å². The van der Waals surface area contributed by atoms with E-state index in [4.69, 9.17) is 16.7 Å². The van der Waals surface area contributed by atoms with Gasteiger partial charge in [-0.2, -0.15) is 8.78 Å². The average molecular weight is 282 g/mol. The Hall–Kier alpha value is -1.96. The summed E-state index contributed by atoms with van der Waals surface area (Å²) in [6, 6.07) is 1.66. The van der Waals surface area contributed by atoms with E-state index in [0.29, 0.717) is 0 Å². The van der Waals surface area contributed by atoms with Gasteiger partial charge in [0.25, 0.3) is 5.69 Å². The van der Waals surface area contributed by atoms with Crippen molar-refractivity contribution in [2.45, 2.75) is 12.5 Å². The predicted octanol–water partition coefficient (Wildman–Crippen LogP) is 2.63. The Morgan fingerprint density at radius 2 is 2.17 bits per heavy atom. The van der Waals surface area contributed by atoms with Crippen LogP contribution in [0.1, 0.15) is 15.9 Å². The summed E-state index contributed by atoms with van der Waals surface area (Å²) >= 11 is 5.42. The first kappa shape index (κ1) is 14.1. The fourth-order valence-corrected chi connectivity index (χ4v) is 1.62. The van der Waals surface area contributed by atoms with Gasteiger partial charge in [-0.1, -0.05) is 0 Å². The van der Waals surface area contributed by atoms with E-state index in [-0.39, 0.29) is 5.56 Å². The first-order valence-electron chi connectivity index (χ1n) is 4.42. The fraction of sp³-hybridized carbons (Fsp3) is 0.222. The second kappa shape index (κ2) is 5.58. The lowest BCUT2D eigenvalue weighted by Crippen LogP contribution is -2.11. The first-order chi connectivity index (χ1) is 8.38. The average Bonchev–Trinajstić information content (AvgIpc) is 2.26. The zero-order valence-electron chi connectivity index (χ0n) is 8.60. The van der Waals surface area contributed by atoms with Gasteiger partial charge in [0.15, 0.2) is 0 Å². The van der Waals surface area contributed by atoms with Gasteiger partial charge >= 0.3 is 12.6 Å². The van der Waals surface area contributed by atoms with Crippen LogP contribution >= 0.6 is 11.6 Å². The Kier molecular flexibility index (Phi) is 4.38. The van der Waals surface area contributed by atoms with Crippen LogP contribution in [0.15, 0.2) is 12.1 Å². The zero-order chi connectivity index (χ0) is 13.9. The molecule has 0 amide bonds. The standard InChI is InChI=1S/C9H6ClF2NO5/c10-3-4-5(13(16)17)1-2-6(18-9(11)12)7(4)8(14)15/h1-2,9H,3H2,(H,14,15). The van der Waals surface area contributed by atoms with Gasteiger partial charge in [-0.3, -0.25) is 10.1 Å². The Bertz CT molecular complexity index is 494. The number of ether oxygens (including phenoxy) is 1. The van der Waals surface area contributed by atoms with Gasteiger partial charge in [0.05, 0.1) is 16.4 Å². The molecule has 0 saturated carbocycles. The van der Waals surface area contributed by atoms with E-state index in [1.54, 1.807) is 0 Å². The number of alkyl halides is 3. The van der Waals surface area contributed by atoms with Gasteiger partial charge in [-0.15, -0.1) is 11.6 Å². The predicted molar refractivity (Wildman–Crippen MR) is 56.2 cm³/mol. The molecular weight excluding hydrogens is 276 g/mol. The summed E-state index contributed by atoms with van der Waals surface area (Å²) in [7, 11) is 0. The minimum absolute atomic E-state index is 0.382. The summed E-state index contributed by atoms with van der Waals surface area (Å²) in [6.07, 6.45) is 0. The second-order valence-electron chi connectivity index (χ2n) is 3.01. The molecule has 0 aliphatic heterocycles. The van der Waals surface area contributed by atoms with Crippen molar-refractivity contribution in [2.75, 3.05) is 0 Å². The maximum absolute atomic E-state index is 12.1. The fourth-order valence-electron chi connectivity index (χ4n) is 1.35. The lowest BCUT2D eigenvalue weighted by atomic mass is 10.1. The number of nitrogens with zero attached hydrogens (tertiary/aromatic N) is 1. The normalized spacial score (nSPS) is 10.4. The van der Waals surface area contributed by atoms with Crippen LogP contribution in [0.4, 0.5) is 14.5 Å². The van der Waals surface area contributed by atoms with Crippen molar-refractivity contribution >= 4 is 23.3 Å².